The van der Waals surface area contributed by atoms with Crippen LogP contribution in [-0.4, -0.2) is 30.2 Å². The van der Waals surface area contributed by atoms with E-state index in [1.165, 1.54) is 6.07 Å². The molecule has 7 heteroatoms. The third kappa shape index (κ3) is 4.36. The number of benzene rings is 2. The standard InChI is InChI=1S/C21H21F2NO4/c22-15-5-6-17(18(23)13-15)21(8-10-28-11-9-21)20(27)24-16-3-1-2-14(12-16)4-7-19(25)26/h1-3,5-6,12-13H,4,7-11H2,(H,24,27)(H,25,26). The second kappa shape index (κ2) is 8.48. The molecule has 1 saturated heterocycles. The smallest absolute Gasteiger partial charge is 0.303 e. The van der Waals surface area contributed by atoms with Gasteiger partial charge < -0.3 is 15.2 Å². The number of aliphatic carboxylic acids is 1. The fourth-order valence-electron chi connectivity index (χ4n) is 3.52. The topological polar surface area (TPSA) is 75.6 Å². The number of carbonyl (C=O) groups is 2. The third-order valence-electron chi connectivity index (χ3n) is 5.04. The lowest BCUT2D eigenvalue weighted by Crippen LogP contribution is -2.45. The summed E-state index contributed by atoms with van der Waals surface area (Å²) < 4.78 is 33.2. The Hall–Kier alpha value is -2.80. The monoisotopic (exact) mass is 389 g/mol. The minimum absolute atomic E-state index is 0.0144. The highest BCUT2D eigenvalue weighted by molar-refractivity contribution is 5.99. The van der Waals surface area contributed by atoms with Crippen LogP contribution in [0.4, 0.5) is 14.5 Å². The lowest BCUT2D eigenvalue weighted by atomic mass is 9.73. The highest BCUT2D eigenvalue weighted by Gasteiger charge is 2.43. The maximum absolute atomic E-state index is 14.5. The number of halogens is 2. The van der Waals surface area contributed by atoms with Crippen molar-refractivity contribution in [2.24, 2.45) is 0 Å². The molecule has 1 aliphatic rings. The number of carboxylic acid groups (broad SMARTS) is 1. The Morgan fingerprint density at radius 2 is 1.86 bits per heavy atom. The van der Waals surface area contributed by atoms with Crippen molar-refractivity contribution in [2.75, 3.05) is 18.5 Å². The summed E-state index contributed by atoms with van der Waals surface area (Å²) in [5.41, 5.74) is 0.264. The van der Waals surface area contributed by atoms with E-state index < -0.39 is 28.9 Å². The zero-order valence-corrected chi connectivity index (χ0v) is 15.2. The van der Waals surface area contributed by atoms with E-state index in [0.29, 0.717) is 25.3 Å². The lowest BCUT2D eigenvalue weighted by Gasteiger charge is -2.36. The summed E-state index contributed by atoms with van der Waals surface area (Å²) in [6.45, 7) is 0.589. The Morgan fingerprint density at radius 1 is 1.11 bits per heavy atom. The molecule has 0 atom stereocenters. The largest absolute Gasteiger partial charge is 0.481 e. The number of hydrogen-bond donors (Lipinski definition) is 2. The molecule has 1 aliphatic heterocycles. The van der Waals surface area contributed by atoms with Crippen molar-refractivity contribution in [2.45, 2.75) is 31.1 Å². The van der Waals surface area contributed by atoms with Gasteiger partial charge in [0.25, 0.3) is 0 Å². The fraction of sp³-hybridized carbons (Fsp3) is 0.333. The molecule has 148 valence electrons. The van der Waals surface area contributed by atoms with Crippen molar-refractivity contribution >= 4 is 17.6 Å². The number of ether oxygens (including phenoxy) is 1. The number of amides is 1. The molecule has 5 nitrogen and oxygen atoms in total. The van der Waals surface area contributed by atoms with Crippen molar-refractivity contribution in [3.63, 3.8) is 0 Å². The molecule has 2 aromatic carbocycles. The molecule has 2 aromatic rings. The molecule has 0 unspecified atom stereocenters. The van der Waals surface area contributed by atoms with Gasteiger partial charge in [0, 0.05) is 37.0 Å². The number of aryl methyl sites for hydroxylation is 1. The van der Waals surface area contributed by atoms with E-state index in [4.69, 9.17) is 9.84 Å². The highest BCUT2D eigenvalue weighted by atomic mass is 19.1. The third-order valence-corrected chi connectivity index (χ3v) is 5.04. The molecule has 3 rings (SSSR count). The molecule has 0 spiro atoms. The van der Waals surface area contributed by atoms with Gasteiger partial charge in [-0.05, 0) is 43.0 Å². The Labute approximate surface area is 161 Å². The molecule has 0 bridgehead atoms. The quantitative estimate of drug-likeness (QED) is 0.791. The van der Waals surface area contributed by atoms with Crippen molar-refractivity contribution in [3.05, 3.63) is 65.2 Å². The first-order valence-electron chi connectivity index (χ1n) is 9.06. The molecule has 0 saturated carbocycles. The van der Waals surface area contributed by atoms with Crippen molar-refractivity contribution in [1.29, 1.82) is 0 Å². The van der Waals surface area contributed by atoms with Gasteiger partial charge in [0.05, 0.1) is 5.41 Å². The van der Waals surface area contributed by atoms with Crippen LogP contribution in [0.1, 0.15) is 30.4 Å². The second-order valence-corrected chi connectivity index (χ2v) is 6.87. The highest BCUT2D eigenvalue weighted by Crippen LogP contribution is 2.38. The van der Waals surface area contributed by atoms with Gasteiger partial charge in [-0.25, -0.2) is 8.78 Å². The van der Waals surface area contributed by atoms with Crippen LogP contribution in [0.25, 0.3) is 0 Å². The fourth-order valence-corrected chi connectivity index (χ4v) is 3.52. The van der Waals surface area contributed by atoms with Gasteiger partial charge in [-0.2, -0.15) is 0 Å². The maximum Gasteiger partial charge on any atom is 0.303 e. The van der Waals surface area contributed by atoms with Gasteiger partial charge >= 0.3 is 5.97 Å². The molecule has 0 aliphatic carbocycles. The molecule has 1 amide bonds. The number of carbonyl (C=O) groups excluding carboxylic acids is 1. The van der Waals surface area contributed by atoms with Crippen LogP contribution >= 0.6 is 0 Å². The molecule has 0 radical (unpaired) electrons. The van der Waals surface area contributed by atoms with Gasteiger partial charge in [0.2, 0.25) is 5.91 Å². The summed E-state index contributed by atoms with van der Waals surface area (Å²) in [5, 5.41) is 11.6. The number of anilines is 1. The van der Waals surface area contributed by atoms with Crippen LogP contribution < -0.4 is 5.32 Å². The first-order chi connectivity index (χ1) is 13.4. The van der Waals surface area contributed by atoms with E-state index in [1.807, 2.05) is 0 Å². The number of rotatable bonds is 6. The first kappa shape index (κ1) is 19.9. The summed E-state index contributed by atoms with van der Waals surface area (Å²) in [6.07, 6.45) is 0.879. The average molecular weight is 389 g/mol. The Balaban J connectivity index is 1.87. The Bertz CT molecular complexity index is 878. The van der Waals surface area contributed by atoms with E-state index >= 15 is 0 Å². The van der Waals surface area contributed by atoms with Crippen LogP contribution in [0, 0.1) is 11.6 Å². The lowest BCUT2D eigenvalue weighted by molar-refractivity contribution is -0.137. The number of nitrogens with one attached hydrogen (secondary N) is 1. The van der Waals surface area contributed by atoms with Crippen LogP contribution in [0.3, 0.4) is 0 Å². The van der Waals surface area contributed by atoms with Crippen LogP contribution in [0.15, 0.2) is 42.5 Å². The molecule has 0 aromatic heterocycles. The molecule has 1 fully saturated rings. The van der Waals surface area contributed by atoms with Gasteiger partial charge in [-0.3, -0.25) is 9.59 Å². The SMILES string of the molecule is O=C(O)CCc1cccc(NC(=O)C2(c3ccc(F)cc3F)CCOCC2)c1. The van der Waals surface area contributed by atoms with Gasteiger partial charge in [0.15, 0.2) is 0 Å². The predicted octanol–water partition coefficient (Wildman–Crippen LogP) is 3.67. The van der Waals surface area contributed by atoms with E-state index in [-0.39, 0.29) is 24.8 Å². The molecular formula is C21H21F2NO4. The van der Waals surface area contributed by atoms with Crippen molar-refractivity contribution in [1.82, 2.24) is 0 Å². The van der Waals surface area contributed by atoms with Crippen LogP contribution in [-0.2, 0) is 26.2 Å². The van der Waals surface area contributed by atoms with Gasteiger partial charge in [0.1, 0.15) is 11.6 Å². The summed E-state index contributed by atoms with van der Waals surface area (Å²) >= 11 is 0. The average Bonchev–Trinajstić information content (AvgIpc) is 2.67. The van der Waals surface area contributed by atoms with E-state index in [0.717, 1.165) is 17.7 Å². The Kier molecular flexibility index (Phi) is 6.04. The van der Waals surface area contributed by atoms with E-state index in [9.17, 15) is 18.4 Å². The van der Waals surface area contributed by atoms with E-state index in [2.05, 4.69) is 5.32 Å². The van der Waals surface area contributed by atoms with Gasteiger partial charge in [-0.15, -0.1) is 0 Å². The van der Waals surface area contributed by atoms with E-state index in [1.54, 1.807) is 24.3 Å². The van der Waals surface area contributed by atoms with Crippen molar-refractivity contribution in [3.8, 4) is 0 Å². The minimum Gasteiger partial charge on any atom is -0.481 e. The summed E-state index contributed by atoms with van der Waals surface area (Å²) in [7, 11) is 0. The molecule has 28 heavy (non-hydrogen) atoms. The second-order valence-electron chi connectivity index (χ2n) is 6.87. The van der Waals surface area contributed by atoms with Gasteiger partial charge in [-0.1, -0.05) is 18.2 Å². The molecule has 1 heterocycles. The summed E-state index contributed by atoms with van der Waals surface area (Å²) in [4.78, 5) is 23.9. The van der Waals surface area contributed by atoms with Crippen LogP contribution in [0.5, 0.6) is 0 Å². The normalized spacial score (nSPS) is 15.8. The summed E-state index contributed by atoms with van der Waals surface area (Å²) in [6, 6.07) is 10.1. The first-order valence-corrected chi connectivity index (χ1v) is 9.06. The van der Waals surface area contributed by atoms with Crippen molar-refractivity contribution < 1.29 is 28.2 Å². The number of hydrogen-bond acceptors (Lipinski definition) is 3. The predicted molar refractivity (Wildman–Crippen MR) is 99.1 cm³/mol. The molecular weight excluding hydrogens is 368 g/mol. The molecule has 2 N–H and O–H groups in total. The minimum atomic E-state index is -1.16. The maximum atomic E-state index is 14.5. The van der Waals surface area contributed by atoms with Crippen LogP contribution in [0.2, 0.25) is 0 Å². The summed E-state index contributed by atoms with van der Waals surface area (Å²) in [5.74, 6) is -2.75. The zero-order chi connectivity index (χ0) is 20.1. The number of carboxylic acids is 1. The zero-order valence-electron chi connectivity index (χ0n) is 15.2. The Morgan fingerprint density at radius 3 is 2.54 bits per heavy atom.